The molecule has 158 valence electrons. The van der Waals surface area contributed by atoms with Gasteiger partial charge in [-0.15, -0.1) is 11.3 Å². The molecule has 0 bridgehead atoms. The molecule has 0 aliphatic heterocycles. The first-order valence-corrected chi connectivity index (χ1v) is 11.5. The molecular weight excluding hydrogens is 461 g/mol. The fourth-order valence-electron chi connectivity index (χ4n) is 3.42. The van der Waals surface area contributed by atoms with Crippen molar-refractivity contribution in [3.63, 3.8) is 0 Å². The highest BCUT2D eigenvalue weighted by Gasteiger charge is 2.14. The number of aromatic nitrogens is 2. The second-order valence-electron chi connectivity index (χ2n) is 7.10. The van der Waals surface area contributed by atoms with E-state index in [-0.39, 0.29) is 0 Å². The van der Waals surface area contributed by atoms with Crippen LogP contribution in [0.2, 0.25) is 10.0 Å². The Labute approximate surface area is 199 Å². The highest BCUT2D eigenvalue weighted by molar-refractivity contribution is 7.15. The van der Waals surface area contributed by atoms with Crippen molar-refractivity contribution < 1.29 is 4.84 Å². The molecule has 0 saturated heterocycles. The van der Waals surface area contributed by atoms with Crippen molar-refractivity contribution >= 4 is 45.7 Å². The molecule has 0 saturated carbocycles. The molecule has 0 atom stereocenters. The number of oxime groups is 1. The van der Waals surface area contributed by atoms with Gasteiger partial charge in [0, 0.05) is 17.1 Å². The third kappa shape index (κ3) is 4.28. The number of thiazole rings is 1. The molecule has 0 aliphatic rings. The topological polar surface area (TPSA) is 38.9 Å². The van der Waals surface area contributed by atoms with E-state index in [0.717, 1.165) is 33.0 Å². The zero-order valence-corrected chi connectivity index (χ0v) is 19.1. The van der Waals surface area contributed by atoms with Gasteiger partial charge in [0.05, 0.1) is 27.6 Å². The van der Waals surface area contributed by atoms with Crippen LogP contribution < -0.4 is 0 Å². The smallest absolute Gasteiger partial charge is 0.194 e. The Balaban J connectivity index is 1.39. The first-order chi connectivity index (χ1) is 15.7. The standard InChI is InChI=1S/C25H17Cl2N3OS/c26-21-11-6-17(14-22(21)27)16-31-28-15-23-24(29-25-30(23)12-13-32-25)20-9-7-19(8-10-20)18-4-2-1-3-5-18/h1-15H,16H2/b28-15+. The van der Waals surface area contributed by atoms with Gasteiger partial charge in [0.15, 0.2) is 4.96 Å². The molecule has 2 aromatic heterocycles. The van der Waals surface area contributed by atoms with Crippen LogP contribution in [0, 0.1) is 0 Å². The molecule has 4 nitrogen and oxygen atoms in total. The third-order valence-corrected chi connectivity index (χ3v) is 6.52. The Morgan fingerprint density at radius 1 is 0.906 bits per heavy atom. The van der Waals surface area contributed by atoms with Gasteiger partial charge >= 0.3 is 0 Å². The summed E-state index contributed by atoms with van der Waals surface area (Å²) in [7, 11) is 0. The Kier molecular flexibility index (Phi) is 5.95. The molecule has 0 fully saturated rings. The van der Waals surface area contributed by atoms with Crippen molar-refractivity contribution in [3.8, 4) is 22.4 Å². The van der Waals surface area contributed by atoms with Crippen LogP contribution in [0.15, 0.2) is 89.5 Å². The SMILES string of the molecule is Clc1ccc(CO/N=C/c2c(-c3ccc(-c4ccccc4)cc3)nc3sccn23)cc1Cl. The lowest BCUT2D eigenvalue weighted by Gasteiger charge is -2.04. The second kappa shape index (κ2) is 9.17. The van der Waals surface area contributed by atoms with Gasteiger partial charge in [-0.1, -0.05) is 89.0 Å². The summed E-state index contributed by atoms with van der Waals surface area (Å²) < 4.78 is 2.01. The average molecular weight is 478 g/mol. The Hall–Kier alpha value is -3.12. The monoisotopic (exact) mass is 477 g/mol. The Morgan fingerprint density at radius 3 is 2.44 bits per heavy atom. The zero-order valence-electron chi connectivity index (χ0n) is 16.8. The lowest BCUT2D eigenvalue weighted by Crippen LogP contribution is -1.93. The normalized spacial score (nSPS) is 11.4. The molecule has 2 heterocycles. The summed E-state index contributed by atoms with van der Waals surface area (Å²) in [4.78, 5) is 11.2. The first kappa shape index (κ1) is 20.8. The van der Waals surface area contributed by atoms with Crippen LogP contribution in [-0.2, 0) is 11.4 Å². The van der Waals surface area contributed by atoms with E-state index in [1.807, 2.05) is 40.2 Å². The minimum absolute atomic E-state index is 0.292. The van der Waals surface area contributed by atoms with Crippen molar-refractivity contribution in [2.75, 3.05) is 0 Å². The number of rotatable bonds is 6. The summed E-state index contributed by atoms with van der Waals surface area (Å²) in [6, 6.07) is 24.1. The van der Waals surface area contributed by atoms with E-state index in [0.29, 0.717) is 16.7 Å². The fraction of sp³-hybridized carbons (Fsp3) is 0.0400. The summed E-state index contributed by atoms with van der Waals surface area (Å²) in [6.07, 6.45) is 3.68. The minimum Gasteiger partial charge on any atom is -0.391 e. The van der Waals surface area contributed by atoms with Crippen LogP contribution in [0.1, 0.15) is 11.3 Å². The predicted molar refractivity (Wildman–Crippen MR) is 133 cm³/mol. The molecule has 0 N–H and O–H groups in total. The number of imidazole rings is 1. The minimum atomic E-state index is 0.292. The maximum absolute atomic E-state index is 6.06. The number of benzene rings is 3. The van der Waals surface area contributed by atoms with Gasteiger partial charge in [-0.05, 0) is 28.8 Å². The largest absolute Gasteiger partial charge is 0.391 e. The molecule has 5 aromatic rings. The Morgan fingerprint density at radius 2 is 1.66 bits per heavy atom. The molecule has 3 aromatic carbocycles. The highest BCUT2D eigenvalue weighted by atomic mass is 35.5. The van der Waals surface area contributed by atoms with Crippen LogP contribution in [0.25, 0.3) is 27.3 Å². The number of halogens is 2. The van der Waals surface area contributed by atoms with Crippen molar-refractivity contribution in [2.45, 2.75) is 6.61 Å². The van der Waals surface area contributed by atoms with E-state index in [1.165, 1.54) is 5.56 Å². The Bertz CT molecular complexity index is 1390. The summed E-state index contributed by atoms with van der Waals surface area (Å²) in [6.45, 7) is 0.292. The van der Waals surface area contributed by atoms with Crippen LogP contribution in [0.3, 0.4) is 0 Å². The maximum Gasteiger partial charge on any atom is 0.194 e. The van der Waals surface area contributed by atoms with E-state index in [2.05, 4.69) is 41.6 Å². The summed E-state index contributed by atoms with van der Waals surface area (Å²) >= 11 is 13.6. The molecule has 0 radical (unpaired) electrons. The lowest BCUT2D eigenvalue weighted by atomic mass is 10.0. The van der Waals surface area contributed by atoms with E-state index in [9.17, 15) is 0 Å². The average Bonchev–Trinajstić information content (AvgIpc) is 3.42. The molecule has 0 aliphatic carbocycles. The van der Waals surface area contributed by atoms with Crippen LogP contribution >= 0.6 is 34.5 Å². The van der Waals surface area contributed by atoms with Gasteiger partial charge in [0.2, 0.25) is 0 Å². The van der Waals surface area contributed by atoms with Gasteiger partial charge in [-0.3, -0.25) is 4.40 Å². The van der Waals surface area contributed by atoms with E-state index in [1.54, 1.807) is 29.7 Å². The molecule has 5 rings (SSSR count). The summed E-state index contributed by atoms with van der Waals surface area (Å²) in [5.74, 6) is 0. The van der Waals surface area contributed by atoms with E-state index in [4.69, 9.17) is 33.0 Å². The van der Waals surface area contributed by atoms with Crippen LogP contribution in [0.5, 0.6) is 0 Å². The second-order valence-corrected chi connectivity index (χ2v) is 8.79. The molecule has 0 spiro atoms. The molecule has 0 amide bonds. The van der Waals surface area contributed by atoms with Gasteiger partial charge < -0.3 is 4.84 Å². The highest BCUT2D eigenvalue weighted by Crippen LogP contribution is 2.28. The molecule has 7 heteroatoms. The van der Waals surface area contributed by atoms with Crippen LogP contribution in [0.4, 0.5) is 0 Å². The van der Waals surface area contributed by atoms with E-state index < -0.39 is 0 Å². The molecule has 32 heavy (non-hydrogen) atoms. The summed E-state index contributed by atoms with van der Waals surface area (Å²) in [5, 5.41) is 7.19. The number of hydrogen-bond donors (Lipinski definition) is 0. The van der Waals surface area contributed by atoms with Crippen molar-refractivity contribution in [2.24, 2.45) is 5.16 Å². The van der Waals surface area contributed by atoms with Gasteiger partial charge in [-0.2, -0.15) is 0 Å². The third-order valence-electron chi connectivity index (χ3n) is 5.03. The van der Waals surface area contributed by atoms with Crippen molar-refractivity contribution in [3.05, 3.63) is 106 Å². The quantitative estimate of drug-likeness (QED) is 0.186. The van der Waals surface area contributed by atoms with Crippen molar-refractivity contribution in [1.29, 1.82) is 0 Å². The number of hydrogen-bond acceptors (Lipinski definition) is 4. The first-order valence-electron chi connectivity index (χ1n) is 9.90. The van der Waals surface area contributed by atoms with Gasteiger partial charge in [-0.25, -0.2) is 4.98 Å². The molecule has 0 unspecified atom stereocenters. The summed E-state index contributed by atoms with van der Waals surface area (Å²) in [5.41, 5.74) is 5.98. The van der Waals surface area contributed by atoms with Crippen molar-refractivity contribution in [1.82, 2.24) is 9.38 Å². The predicted octanol–water partition coefficient (Wildman–Crippen LogP) is 7.59. The number of fused-ring (bicyclic) bond motifs is 1. The van der Waals surface area contributed by atoms with Crippen LogP contribution in [-0.4, -0.2) is 15.6 Å². The molecular formula is C25H17Cl2N3OS. The fourth-order valence-corrected chi connectivity index (χ4v) is 4.46. The lowest BCUT2D eigenvalue weighted by molar-refractivity contribution is 0.132. The van der Waals surface area contributed by atoms with E-state index >= 15 is 0 Å². The number of nitrogens with zero attached hydrogens (tertiary/aromatic N) is 3. The maximum atomic E-state index is 6.06. The zero-order chi connectivity index (χ0) is 21.9. The van der Waals surface area contributed by atoms with Gasteiger partial charge in [0.25, 0.3) is 0 Å². The van der Waals surface area contributed by atoms with Gasteiger partial charge in [0.1, 0.15) is 6.61 Å².